The summed E-state index contributed by atoms with van der Waals surface area (Å²) in [6.45, 7) is 5.99. The molecule has 1 aromatic rings. The molecule has 2 N–H and O–H groups in total. The first-order chi connectivity index (χ1) is 8.66. The number of hydrogen-bond donors (Lipinski definition) is 2. The third-order valence-electron chi connectivity index (χ3n) is 3.58. The van der Waals surface area contributed by atoms with Gasteiger partial charge in [0.05, 0.1) is 5.92 Å². The van der Waals surface area contributed by atoms with Gasteiger partial charge in [0.15, 0.2) is 0 Å². The molecule has 1 amide bonds. The predicted molar refractivity (Wildman–Crippen MR) is 80.9 cm³/mol. The monoisotopic (exact) mass is 282 g/mol. The molecule has 1 heterocycles. The first-order valence-corrected chi connectivity index (χ1v) is 6.74. The minimum Gasteiger partial charge on any atom is -0.352 e. The van der Waals surface area contributed by atoms with E-state index in [0.29, 0.717) is 6.04 Å². The molecule has 0 saturated carbocycles. The number of piperidine rings is 1. The van der Waals surface area contributed by atoms with Gasteiger partial charge in [0.2, 0.25) is 5.91 Å². The highest BCUT2D eigenvalue weighted by Crippen LogP contribution is 2.17. The van der Waals surface area contributed by atoms with Gasteiger partial charge in [-0.1, -0.05) is 29.8 Å². The second-order valence-electron chi connectivity index (χ2n) is 5.19. The van der Waals surface area contributed by atoms with Gasteiger partial charge in [-0.25, -0.2) is 0 Å². The maximum Gasteiger partial charge on any atom is 0.227 e. The van der Waals surface area contributed by atoms with E-state index in [9.17, 15) is 4.79 Å². The molecule has 0 aliphatic carbocycles. The van der Waals surface area contributed by atoms with Gasteiger partial charge in [-0.2, -0.15) is 0 Å². The molecule has 1 aliphatic rings. The molecule has 1 unspecified atom stereocenters. The summed E-state index contributed by atoms with van der Waals surface area (Å²) < 4.78 is 0. The van der Waals surface area contributed by atoms with Crippen molar-refractivity contribution in [3.8, 4) is 0 Å². The lowest BCUT2D eigenvalue weighted by Crippen LogP contribution is -2.46. The molecular formula is C15H23ClN2O. The summed E-state index contributed by atoms with van der Waals surface area (Å²) in [5.41, 5.74) is 2.29. The van der Waals surface area contributed by atoms with Crippen LogP contribution in [0.4, 0.5) is 0 Å². The number of nitrogens with one attached hydrogen (secondary N) is 2. The molecule has 2 rings (SSSR count). The maximum atomic E-state index is 12.2. The van der Waals surface area contributed by atoms with Crippen LogP contribution in [0.1, 0.15) is 36.8 Å². The van der Waals surface area contributed by atoms with E-state index in [1.165, 1.54) is 5.56 Å². The van der Waals surface area contributed by atoms with E-state index in [4.69, 9.17) is 0 Å². The van der Waals surface area contributed by atoms with E-state index in [-0.39, 0.29) is 24.2 Å². The van der Waals surface area contributed by atoms with Crippen LogP contribution in [0.3, 0.4) is 0 Å². The third kappa shape index (κ3) is 4.51. The van der Waals surface area contributed by atoms with Crippen LogP contribution in [0.15, 0.2) is 24.3 Å². The molecule has 1 aliphatic heterocycles. The van der Waals surface area contributed by atoms with E-state index >= 15 is 0 Å². The second-order valence-corrected chi connectivity index (χ2v) is 5.19. The lowest BCUT2D eigenvalue weighted by atomic mass is 9.97. The average Bonchev–Trinajstić information content (AvgIpc) is 2.39. The maximum absolute atomic E-state index is 12.2. The van der Waals surface area contributed by atoms with Crippen LogP contribution >= 0.6 is 12.4 Å². The Kier molecular flexibility index (Phi) is 6.32. The Morgan fingerprint density at radius 2 is 2.26 bits per heavy atom. The fourth-order valence-corrected chi connectivity index (χ4v) is 2.39. The molecule has 2 atom stereocenters. The normalized spacial score (nSPS) is 20.2. The van der Waals surface area contributed by atoms with Crippen molar-refractivity contribution in [1.29, 1.82) is 0 Å². The number of amides is 1. The lowest BCUT2D eigenvalue weighted by Gasteiger charge is -2.25. The fourth-order valence-electron chi connectivity index (χ4n) is 2.39. The highest BCUT2D eigenvalue weighted by Gasteiger charge is 2.20. The zero-order valence-electron chi connectivity index (χ0n) is 11.6. The highest BCUT2D eigenvalue weighted by molar-refractivity contribution is 5.85. The third-order valence-corrected chi connectivity index (χ3v) is 3.58. The van der Waals surface area contributed by atoms with Gasteiger partial charge in [0, 0.05) is 12.6 Å². The Balaban J connectivity index is 0.00000180. The van der Waals surface area contributed by atoms with Crippen molar-refractivity contribution in [3.05, 3.63) is 35.4 Å². The minimum absolute atomic E-state index is 0. The molecule has 106 valence electrons. The molecule has 1 saturated heterocycles. The molecule has 0 bridgehead atoms. The van der Waals surface area contributed by atoms with Crippen molar-refractivity contribution in [2.45, 2.75) is 38.6 Å². The predicted octanol–water partition coefficient (Wildman–Crippen LogP) is 2.39. The SMILES string of the molecule is Cc1cccc(C(C)C(=O)N[C@H]2CCCNC2)c1.Cl. The number of hydrogen-bond acceptors (Lipinski definition) is 2. The Morgan fingerprint density at radius 3 is 2.89 bits per heavy atom. The van der Waals surface area contributed by atoms with Crippen molar-refractivity contribution < 1.29 is 4.79 Å². The van der Waals surface area contributed by atoms with Gasteiger partial charge in [-0.3, -0.25) is 4.79 Å². The number of aryl methyl sites for hydroxylation is 1. The summed E-state index contributed by atoms with van der Waals surface area (Å²) in [6.07, 6.45) is 2.23. The summed E-state index contributed by atoms with van der Waals surface area (Å²) in [7, 11) is 0. The van der Waals surface area contributed by atoms with E-state index in [1.54, 1.807) is 0 Å². The zero-order chi connectivity index (χ0) is 13.0. The summed E-state index contributed by atoms with van der Waals surface area (Å²) in [5.74, 6) is 0.0566. The summed E-state index contributed by atoms with van der Waals surface area (Å²) in [6, 6.07) is 8.47. The van der Waals surface area contributed by atoms with Crippen LogP contribution in [-0.2, 0) is 4.79 Å². The molecule has 0 aromatic heterocycles. The molecule has 19 heavy (non-hydrogen) atoms. The molecule has 0 spiro atoms. The van der Waals surface area contributed by atoms with E-state index < -0.39 is 0 Å². The average molecular weight is 283 g/mol. The van der Waals surface area contributed by atoms with Gasteiger partial charge in [-0.05, 0) is 38.8 Å². The summed E-state index contributed by atoms with van der Waals surface area (Å²) in [5, 5.41) is 6.45. The van der Waals surface area contributed by atoms with Crippen LogP contribution < -0.4 is 10.6 Å². The van der Waals surface area contributed by atoms with Crippen molar-refractivity contribution in [1.82, 2.24) is 10.6 Å². The smallest absolute Gasteiger partial charge is 0.227 e. The molecule has 4 heteroatoms. The number of rotatable bonds is 3. The number of benzene rings is 1. The quantitative estimate of drug-likeness (QED) is 0.894. The Morgan fingerprint density at radius 1 is 1.47 bits per heavy atom. The Bertz CT molecular complexity index is 416. The fraction of sp³-hybridized carbons (Fsp3) is 0.533. The molecule has 3 nitrogen and oxygen atoms in total. The van der Waals surface area contributed by atoms with Crippen molar-refractivity contribution >= 4 is 18.3 Å². The molecule has 0 radical (unpaired) electrons. The van der Waals surface area contributed by atoms with Gasteiger partial charge in [0.25, 0.3) is 0 Å². The number of carbonyl (C=O) groups excluding carboxylic acids is 1. The highest BCUT2D eigenvalue weighted by atomic mass is 35.5. The van der Waals surface area contributed by atoms with Crippen molar-refractivity contribution in [2.75, 3.05) is 13.1 Å². The van der Waals surface area contributed by atoms with Gasteiger partial charge in [-0.15, -0.1) is 12.4 Å². The second kappa shape index (κ2) is 7.51. The number of halogens is 1. The van der Waals surface area contributed by atoms with E-state index in [1.807, 2.05) is 19.1 Å². The molecule has 1 fully saturated rings. The Hall–Kier alpha value is -1.06. The van der Waals surface area contributed by atoms with Crippen molar-refractivity contribution in [3.63, 3.8) is 0 Å². The topological polar surface area (TPSA) is 41.1 Å². The standard InChI is InChI=1S/C15H22N2O.ClH/c1-11-5-3-6-13(9-11)12(2)15(18)17-14-7-4-8-16-10-14;/h3,5-6,9,12,14,16H,4,7-8,10H2,1-2H3,(H,17,18);1H/t12?,14-;/m0./s1. The zero-order valence-corrected chi connectivity index (χ0v) is 12.4. The van der Waals surface area contributed by atoms with Gasteiger partial charge in [0.1, 0.15) is 0 Å². The lowest BCUT2D eigenvalue weighted by molar-refractivity contribution is -0.123. The number of carbonyl (C=O) groups is 1. The van der Waals surface area contributed by atoms with Gasteiger partial charge >= 0.3 is 0 Å². The van der Waals surface area contributed by atoms with Crippen molar-refractivity contribution in [2.24, 2.45) is 0 Å². The molecular weight excluding hydrogens is 260 g/mol. The van der Waals surface area contributed by atoms with Gasteiger partial charge < -0.3 is 10.6 Å². The van der Waals surface area contributed by atoms with Crippen LogP contribution in [0, 0.1) is 6.92 Å². The first kappa shape index (κ1) is 16.0. The Labute approximate surface area is 121 Å². The summed E-state index contributed by atoms with van der Waals surface area (Å²) >= 11 is 0. The minimum atomic E-state index is -0.0770. The molecule has 1 aromatic carbocycles. The van der Waals surface area contributed by atoms with Crippen LogP contribution in [0.5, 0.6) is 0 Å². The summed E-state index contributed by atoms with van der Waals surface area (Å²) in [4.78, 5) is 12.2. The van der Waals surface area contributed by atoms with E-state index in [0.717, 1.165) is 31.5 Å². The largest absolute Gasteiger partial charge is 0.352 e. The van der Waals surface area contributed by atoms with Crippen LogP contribution in [0.25, 0.3) is 0 Å². The van der Waals surface area contributed by atoms with Crippen LogP contribution in [-0.4, -0.2) is 25.0 Å². The first-order valence-electron chi connectivity index (χ1n) is 6.74. The van der Waals surface area contributed by atoms with E-state index in [2.05, 4.69) is 29.7 Å². The van der Waals surface area contributed by atoms with Crippen LogP contribution in [0.2, 0.25) is 0 Å².